The van der Waals surface area contributed by atoms with Crippen molar-refractivity contribution >= 4 is 17.6 Å². The second kappa shape index (κ2) is 6.95. The first-order valence-corrected chi connectivity index (χ1v) is 8.19. The summed E-state index contributed by atoms with van der Waals surface area (Å²) >= 11 is 0. The predicted molar refractivity (Wildman–Crippen MR) is 91.2 cm³/mol. The number of carbonyl (C=O) groups is 2. The number of hydrogen-bond donors (Lipinski definition) is 1. The van der Waals surface area contributed by atoms with E-state index in [1.54, 1.807) is 28.6 Å². The zero-order chi connectivity index (χ0) is 18.8. The van der Waals surface area contributed by atoms with Crippen LogP contribution in [-0.2, 0) is 0 Å². The van der Waals surface area contributed by atoms with Crippen LogP contribution in [0, 0.1) is 17.0 Å². The summed E-state index contributed by atoms with van der Waals surface area (Å²) in [7, 11) is 0. The number of piperidine rings is 1. The zero-order valence-electron chi connectivity index (χ0n) is 14.2. The number of amides is 1. The van der Waals surface area contributed by atoms with Crippen LogP contribution in [0.15, 0.2) is 30.6 Å². The number of hydrogen-bond acceptors (Lipinski definition) is 5. The van der Waals surface area contributed by atoms with Gasteiger partial charge < -0.3 is 10.0 Å². The van der Waals surface area contributed by atoms with Gasteiger partial charge in [0, 0.05) is 25.4 Å². The maximum atomic E-state index is 12.8. The number of aromatic nitrogens is 2. The van der Waals surface area contributed by atoms with E-state index in [-0.39, 0.29) is 28.8 Å². The van der Waals surface area contributed by atoms with Gasteiger partial charge in [-0.1, -0.05) is 12.1 Å². The Morgan fingerprint density at radius 3 is 2.58 bits per heavy atom. The fourth-order valence-electron chi connectivity index (χ4n) is 3.22. The highest BCUT2D eigenvalue weighted by atomic mass is 16.6. The topological polar surface area (TPSA) is 119 Å². The summed E-state index contributed by atoms with van der Waals surface area (Å²) in [6.07, 6.45) is 3.99. The van der Waals surface area contributed by atoms with Gasteiger partial charge in [-0.05, 0) is 25.3 Å². The van der Waals surface area contributed by atoms with Gasteiger partial charge in [0.25, 0.3) is 11.6 Å². The molecule has 26 heavy (non-hydrogen) atoms. The summed E-state index contributed by atoms with van der Waals surface area (Å²) in [4.78, 5) is 36.1. The molecular weight excluding hydrogens is 340 g/mol. The second-order valence-electron chi connectivity index (χ2n) is 6.26. The van der Waals surface area contributed by atoms with E-state index in [0.717, 1.165) is 0 Å². The summed E-state index contributed by atoms with van der Waals surface area (Å²) in [6, 6.07) is 4.58. The molecule has 0 bridgehead atoms. The minimum absolute atomic E-state index is 0.000920. The number of aromatic carboxylic acids is 1. The molecule has 1 aromatic heterocycles. The van der Waals surface area contributed by atoms with Gasteiger partial charge in [0.05, 0.1) is 22.7 Å². The molecule has 1 aliphatic rings. The summed E-state index contributed by atoms with van der Waals surface area (Å²) in [6.45, 7) is 2.54. The normalized spacial score (nSPS) is 15.0. The molecule has 136 valence electrons. The molecule has 1 aromatic carbocycles. The quantitative estimate of drug-likeness (QED) is 0.661. The Balaban J connectivity index is 1.73. The number of carbonyl (C=O) groups excluding carboxylic acids is 1. The fourth-order valence-corrected chi connectivity index (χ4v) is 3.22. The lowest BCUT2D eigenvalue weighted by Gasteiger charge is -2.32. The molecule has 1 fully saturated rings. The van der Waals surface area contributed by atoms with E-state index >= 15 is 0 Å². The van der Waals surface area contributed by atoms with Crippen LogP contribution < -0.4 is 0 Å². The first-order chi connectivity index (χ1) is 12.4. The minimum Gasteiger partial charge on any atom is -0.478 e. The van der Waals surface area contributed by atoms with Crippen molar-refractivity contribution in [2.75, 3.05) is 13.1 Å². The molecule has 0 spiro atoms. The molecule has 1 saturated heterocycles. The monoisotopic (exact) mass is 358 g/mol. The summed E-state index contributed by atoms with van der Waals surface area (Å²) < 4.78 is 1.61. The number of aryl methyl sites for hydroxylation is 1. The van der Waals surface area contributed by atoms with E-state index in [0.29, 0.717) is 31.5 Å². The number of nitro groups is 1. The van der Waals surface area contributed by atoms with Crippen LogP contribution in [0.4, 0.5) is 5.69 Å². The fraction of sp³-hybridized carbons (Fsp3) is 0.353. The lowest BCUT2D eigenvalue weighted by atomic mass is 10.0. The van der Waals surface area contributed by atoms with Gasteiger partial charge >= 0.3 is 5.97 Å². The molecule has 2 heterocycles. The van der Waals surface area contributed by atoms with E-state index in [9.17, 15) is 19.7 Å². The Hall–Kier alpha value is -3.23. The van der Waals surface area contributed by atoms with Crippen molar-refractivity contribution in [2.45, 2.75) is 25.8 Å². The Labute approximate surface area is 149 Å². The molecule has 9 nitrogen and oxygen atoms in total. The average Bonchev–Trinajstić information content (AvgIpc) is 3.11. The first-order valence-electron chi connectivity index (χ1n) is 8.19. The maximum absolute atomic E-state index is 12.8. The first kappa shape index (κ1) is 17.6. The molecule has 1 amide bonds. The molecular formula is C17H18N4O5. The predicted octanol–water partition coefficient (Wildman–Crippen LogP) is 2.28. The van der Waals surface area contributed by atoms with Gasteiger partial charge in [-0.3, -0.25) is 19.6 Å². The molecule has 0 aliphatic carbocycles. The Kier molecular flexibility index (Phi) is 4.70. The van der Waals surface area contributed by atoms with Crippen molar-refractivity contribution in [3.8, 4) is 0 Å². The highest BCUT2D eigenvalue weighted by Gasteiger charge is 2.30. The lowest BCUT2D eigenvalue weighted by Crippen LogP contribution is -2.39. The van der Waals surface area contributed by atoms with Gasteiger partial charge in [0.1, 0.15) is 5.56 Å². The molecule has 2 aromatic rings. The van der Waals surface area contributed by atoms with Crippen LogP contribution in [0.2, 0.25) is 0 Å². The molecule has 0 unspecified atom stereocenters. The largest absolute Gasteiger partial charge is 0.478 e. The van der Waals surface area contributed by atoms with E-state index in [1.165, 1.54) is 18.5 Å². The van der Waals surface area contributed by atoms with Crippen LogP contribution in [-0.4, -0.2) is 49.7 Å². The van der Waals surface area contributed by atoms with Gasteiger partial charge in [0.15, 0.2) is 0 Å². The SMILES string of the molecule is Cc1cccc([N+](=O)[O-])c1C(=O)N1CCC(n2cc(C(=O)O)cn2)CC1. The summed E-state index contributed by atoms with van der Waals surface area (Å²) in [5.41, 5.74) is 0.641. The molecule has 9 heteroatoms. The second-order valence-corrected chi connectivity index (χ2v) is 6.26. The molecule has 3 rings (SSSR count). The third-order valence-electron chi connectivity index (χ3n) is 4.64. The number of carboxylic acid groups (broad SMARTS) is 1. The average molecular weight is 358 g/mol. The molecule has 0 radical (unpaired) electrons. The Morgan fingerprint density at radius 1 is 1.31 bits per heavy atom. The van der Waals surface area contributed by atoms with Gasteiger partial charge in [-0.25, -0.2) is 4.79 Å². The molecule has 0 saturated carbocycles. The van der Waals surface area contributed by atoms with Crippen molar-refractivity contribution in [2.24, 2.45) is 0 Å². The van der Waals surface area contributed by atoms with E-state index < -0.39 is 10.9 Å². The van der Waals surface area contributed by atoms with E-state index in [2.05, 4.69) is 5.10 Å². The van der Waals surface area contributed by atoms with Crippen molar-refractivity contribution in [3.63, 3.8) is 0 Å². The number of nitro benzene ring substituents is 1. The van der Waals surface area contributed by atoms with Crippen molar-refractivity contribution in [1.29, 1.82) is 0 Å². The number of benzene rings is 1. The zero-order valence-corrected chi connectivity index (χ0v) is 14.2. The van der Waals surface area contributed by atoms with Gasteiger partial charge in [0.2, 0.25) is 0 Å². The Morgan fingerprint density at radius 2 is 2.00 bits per heavy atom. The third-order valence-corrected chi connectivity index (χ3v) is 4.64. The van der Waals surface area contributed by atoms with E-state index in [4.69, 9.17) is 5.11 Å². The number of likely N-dealkylation sites (tertiary alicyclic amines) is 1. The van der Waals surface area contributed by atoms with Gasteiger partial charge in [-0.15, -0.1) is 0 Å². The van der Waals surface area contributed by atoms with Crippen molar-refractivity contribution in [3.05, 3.63) is 57.4 Å². The number of nitrogens with zero attached hydrogens (tertiary/aromatic N) is 4. The molecule has 0 atom stereocenters. The number of carboxylic acids is 1. The highest BCUT2D eigenvalue weighted by molar-refractivity contribution is 5.99. The maximum Gasteiger partial charge on any atom is 0.338 e. The highest BCUT2D eigenvalue weighted by Crippen LogP contribution is 2.27. The smallest absolute Gasteiger partial charge is 0.338 e. The summed E-state index contributed by atoms with van der Waals surface area (Å²) in [5, 5.41) is 24.3. The Bertz CT molecular complexity index is 868. The van der Waals surface area contributed by atoms with Crippen LogP contribution in [0.1, 0.15) is 45.2 Å². The summed E-state index contributed by atoms with van der Waals surface area (Å²) in [5.74, 6) is -1.38. The number of rotatable bonds is 4. The van der Waals surface area contributed by atoms with Crippen molar-refractivity contribution in [1.82, 2.24) is 14.7 Å². The molecule has 1 aliphatic heterocycles. The van der Waals surface area contributed by atoms with Crippen LogP contribution >= 0.6 is 0 Å². The van der Waals surface area contributed by atoms with Crippen LogP contribution in [0.5, 0.6) is 0 Å². The van der Waals surface area contributed by atoms with E-state index in [1.807, 2.05) is 0 Å². The van der Waals surface area contributed by atoms with Crippen molar-refractivity contribution < 1.29 is 19.6 Å². The third kappa shape index (κ3) is 3.28. The van der Waals surface area contributed by atoms with Crippen LogP contribution in [0.3, 0.4) is 0 Å². The minimum atomic E-state index is -1.03. The van der Waals surface area contributed by atoms with Crippen LogP contribution in [0.25, 0.3) is 0 Å². The van der Waals surface area contributed by atoms with Gasteiger partial charge in [-0.2, -0.15) is 5.10 Å². The lowest BCUT2D eigenvalue weighted by molar-refractivity contribution is -0.385. The molecule has 1 N–H and O–H groups in total. The standard InChI is InChI=1S/C17H18N4O5/c1-11-3-2-4-14(21(25)26)15(11)16(22)19-7-5-13(6-8-19)20-10-12(9-18-20)17(23)24/h2-4,9-10,13H,5-8H2,1H3,(H,23,24).